The third-order valence-corrected chi connectivity index (χ3v) is 1.90. The second-order valence-electron chi connectivity index (χ2n) is 3.05. The van der Waals surface area contributed by atoms with Gasteiger partial charge in [-0.25, -0.2) is 4.98 Å². The van der Waals surface area contributed by atoms with E-state index in [1.807, 2.05) is 24.3 Å². The molecule has 3 nitrogen and oxygen atoms in total. The van der Waals surface area contributed by atoms with Gasteiger partial charge in [-0.05, 0) is 18.2 Å². The van der Waals surface area contributed by atoms with E-state index in [9.17, 15) is 0 Å². The number of oxazole rings is 1. The lowest BCUT2D eigenvalue weighted by atomic mass is 10.2. The van der Waals surface area contributed by atoms with Crippen LogP contribution in [0.25, 0.3) is 11.1 Å². The zero-order valence-corrected chi connectivity index (χ0v) is 8.24. The SMILES string of the molecule is Cc1nc2ccc(C#CCC#N)cc2o1. The summed E-state index contributed by atoms with van der Waals surface area (Å²) in [6.45, 7) is 1.81. The first-order valence-corrected chi connectivity index (χ1v) is 4.52. The molecular formula is C12H8N2O. The molecule has 0 aliphatic heterocycles. The second kappa shape index (κ2) is 3.86. The first kappa shape index (κ1) is 9.30. The van der Waals surface area contributed by atoms with Crippen molar-refractivity contribution in [3.63, 3.8) is 0 Å². The Labute approximate surface area is 87.3 Å². The van der Waals surface area contributed by atoms with Crippen LogP contribution < -0.4 is 0 Å². The van der Waals surface area contributed by atoms with Gasteiger partial charge in [0.25, 0.3) is 0 Å². The number of hydrogen-bond donors (Lipinski definition) is 0. The monoisotopic (exact) mass is 196 g/mol. The van der Waals surface area contributed by atoms with Crippen LogP contribution in [0.4, 0.5) is 0 Å². The number of nitriles is 1. The predicted molar refractivity (Wildman–Crippen MR) is 55.9 cm³/mol. The van der Waals surface area contributed by atoms with E-state index in [4.69, 9.17) is 9.68 Å². The molecule has 3 heteroatoms. The van der Waals surface area contributed by atoms with E-state index in [-0.39, 0.29) is 6.42 Å². The molecule has 0 fully saturated rings. The van der Waals surface area contributed by atoms with Crippen LogP contribution in [0.2, 0.25) is 0 Å². The first-order chi connectivity index (χ1) is 7.29. The maximum absolute atomic E-state index is 8.34. The van der Waals surface area contributed by atoms with Crippen molar-refractivity contribution in [2.75, 3.05) is 0 Å². The highest BCUT2D eigenvalue weighted by molar-refractivity contribution is 5.74. The van der Waals surface area contributed by atoms with Crippen molar-refractivity contribution >= 4 is 11.1 Å². The van der Waals surface area contributed by atoms with Gasteiger partial charge in [-0.3, -0.25) is 0 Å². The number of rotatable bonds is 0. The van der Waals surface area contributed by atoms with Gasteiger partial charge in [-0.2, -0.15) is 5.26 Å². The van der Waals surface area contributed by atoms with E-state index in [1.54, 1.807) is 6.92 Å². The number of fused-ring (bicyclic) bond motifs is 1. The Morgan fingerprint density at radius 3 is 3.13 bits per heavy atom. The third kappa shape index (κ3) is 1.98. The van der Waals surface area contributed by atoms with Crippen LogP contribution in [0.1, 0.15) is 17.9 Å². The van der Waals surface area contributed by atoms with Crippen LogP contribution in [0, 0.1) is 30.1 Å². The molecule has 0 N–H and O–H groups in total. The molecule has 15 heavy (non-hydrogen) atoms. The Bertz CT molecular complexity index is 593. The third-order valence-electron chi connectivity index (χ3n) is 1.90. The van der Waals surface area contributed by atoms with Gasteiger partial charge >= 0.3 is 0 Å². The van der Waals surface area contributed by atoms with Gasteiger partial charge in [0, 0.05) is 12.5 Å². The quantitative estimate of drug-likeness (QED) is 0.608. The van der Waals surface area contributed by atoms with Crippen LogP contribution in [-0.4, -0.2) is 4.98 Å². The minimum absolute atomic E-state index is 0.244. The molecule has 1 heterocycles. The van der Waals surface area contributed by atoms with Crippen molar-refractivity contribution < 1.29 is 4.42 Å². The molecule has 0 saturated heterocycles. The lowest BCUT2D eigenvalue weighted by Gasteiger charge is -1.88. The maximum atomic E-state index is 8.34. The largest absolute Gasteiger partial charge is 0.441 e. The van der Waals surface area contributed by atoms with Crippen LogP contribution in [0.5, 0.6) is 0 Å². The molecule has 0 unspecified atom stereocenters. The summed E-state index contributed by atoms with van der Waals surface area (Å²) in [5.41, 5.74) is 2.41. The normalized spacial score (nSPS) is 9.33. The smallest absolute Gasteiger partial charge is 0.192 e. The highest BCUT2D eigenvalue weighted by Crippen LogP contribution is 2.16. The average Bonchev–Trinajstić information content (AvgIpc) is 2.57. The Kier molecular flexibility index (Phi) is 2.39. The van der Waals surface area contributed by atoms with E-state index in [2.05, 4.69) is 16.8 Å². The fourth-order valence-corrected chi connectivity index (χ4v) is 1.30. The number of nitrogens with zero attached hydrogens (tertiary/aromatic N) is 2. The summed E-state index contributed by atoms with van der Waals surface area (Å²) in [5.74, 6) is 6.28. The van der Waals surface area contributed by atoms with Gasteiger partial charge in [0.2, 0.25) is 0 Å². The highest BCUT2D eigenvalue weighted by atomic mass is 16.3. The Morgan fingerprint density at radius 2 is 2.33 bits per heavy atom. The van der Waals surface area contributed by atoms with Gasteiger partial charge in [0.1, 0.15) is 5.52 Å². The van der Waals surface area contributed by atoms with Crippen molar-refractivity contribution in [3.8, 4) is 17.9 Å². The van der Waals surface area contributed by atoms with Gasteiger partial charge in [-0.1, -0.05) is 11.8 Å². The van der Waals surface area contributed by atoms with E-state index >= 15 is 0 Å². The summed E-state index contributed by atoms with van der Waals surface area (Å²) in [6.07, 6.45) is 0.244. The van der Waals surface area contributed by atoms with Crippen molar-refractivity contribution in [1.82, 2.24) is 4.98 Å². The van der Waals surface area contributed by atoms with Crippen molar-refractivity contribution in [2.45, 2.75) is 13.3 Å². The Balaban J connectivity index is 2.40. The lowest BCUT2D eigenvalue weighted by molar-refractivity contribution is 0.561. The molecule has 1 aromatic heterocycles. The molecule has 2 aromatic rings. The fraction of sp³-hybridized carbons (Fsp3) is 0.167. The zero-order chi connectivity index (χ0) is 10.7. The summed E-state index contributed by atoms with van der Waals surface area (Å²) >= 11 is 0. The van der Waals surface area contributed by atoms with Crippen molar-refractivity contribution in [3.05, 3.63) is 29.7 Å². The second-order valence-corrected chi connectivity index (χ2v) is 3.05. The van der Waals surface area contributed by atoms with E-state index in [1.165, 1.54) is 0 Å². The molecule has 1 aromatic carbocycles. The van der Waals surface area contributed by atoms with E-state index in [0.29, 0.717) is 5.89 Å². The summed E-state index contributed by atoms with van der Waals surface area (Å²) in [5, 5.41) is 8.34. The molecule has 0 radical (unpaired) electrons. The molecule has 0 spiro atoms. The van der Waals surface area contributed by atoms with E-state index < -0.39 is 0 Å². The minimum Gasteiger partial charge on any atom is -0.441 e. The maximum Gasteiger partial charge on any atom is 0.192 e. The van der Waals surface area contributed by atoms with Crippen LogP contribution in [0.3, 0.4) is 0 Å². The zero-order valence-electron chi connectivity index (χ0n) is 8.24. The van der Waals surface area contributed by atoms with Crippen LogP contribution in [0.15, 0.2) is 22.6 Å². The van der Waals surface area contributed by atoms with Gasteiger partial charge in [0.05, 0.1) is 12.5 Å². The van der Waals surface area contributed by atoms with Gasteiger partial charge in [-0.15, -0.1) is 0 Å². The van der Waals surface area contributed by atoms with E-state index in [0.717, 1.165) is 16.7 Å². The number of aromatic nitrogens is 1. The molecule has 0 amide bonds. The van der Waals surface area contributed by atoms with Crippen LogP contribution >= 0.6 is 0 Å². The van der Waals surface area contributed by atoms with Crippen molar-refractivity contribution in [2.24, 2.45) is 0 Å². The lowest BCUT2D eigenvalue weighted by Crippen LogP contribution is -1.74. The first-order valence-electron chi connectivity index (χ1n) is 4.52. The van der Waals surface area contributed by atoms with Gasteiger partial charge in [0.15, 0.2) is 11.5 Å². The van der Waals surface area contributed by atoms with Crippen LogP contribution in [-0.2, 0) is 0 Å². The fourth-order valence-electron chi connectivity index (χ4n) is 1.30. The Morgan fingerprint density at radius 1 is 1.47 bits per heavy atom. The summed E-state index contributed by atoms with van der Waals surface area (Å²) in [6, 6.07) is 7.54. The summed E-state index contributed by atoms with van der Waals surface area (Å²) in [7, 11) is 0. The molecule has 72 valence electrons. The predicted octanol–water partition coefficient (Wildman–Crippen LogP) is 2.40. The molecule has 0 atom stereocenters. The average molecular weight is 196 g/mol. The number of aryl methyl sites for hydroxylation is 1. The summed E-state index contributed by atoms with van der Waals surface area (Å²) in [4.78, 5) is 4.18. The molecule has 0 saturated carbocycles. The molecular weight excluding hydrogens is 188 g/mol. The standard InChI is InChI=1S/C12H8N2O/c1-9-14-11-6-5-10(4-2-3-7-13)8-12(11)15-9/h5-6,8H,3H2,1H3. The van der Waals surface area contributed by atoms with Crippen molar-refractivity contribution in [1.29, 1.82) is 5.26 Å². The molecule has 0 aliphatic carbocycles. The number of hydrogen-bond acceptors (Lipinski definition) is 3. The molecule has 0 bridgehead atoms. The Hall–Kier alpha value is -2.26. The minimum atomic E-state index is 0.244. The topological polar surface area (TPSA) is 49.8 Å². The molecule has 2 rings (SSSR count). The number of benzene rings is 1. The summed E-state index contributed by atoms with van der Waals surface area (Å²) < 4.78 is 5.37. The molecule has 0 aliphatic rings. The van der Waals surface area contributed by atoms with Gasteiger partial charge < -0.3 is 4.42 Å². The highest BCUT2D eigenvalue weighted by Gasteiger charge is 2.01.